The van der Waals surface area contributed by atoms with Crippen molar-refractivity contribution in [3.05, 3.63) is 28.2 Å². The van der Waals surface area contributed by atoms with E-state index in [0.29, 0.717) is 17.6 Å². The molecular formula is C18H28BrNO. The minimum atomic E-state index is 0.355. The Balaban J connectivity index is 1.97. The zero-order valence-electron chi connectivity index (χ0n) is 13.7. The molecule has 2 rings (SSSR count). The summed E-state index contributed by atoms with van der Waals surface area (Å²) in [5.74, 6) is 0.985. The van der Waals surface area contributed by atoms with Crippen molar-refractivity contribution in [3.8, 4) is 5.75 Å². The normalized spacial score (nSPS) is 20.2. The Morgan fingerprint density at radius 2 is 2.00 bits per heavy atom. The van der Waals surface area contributed by atoms with Crippen LogP contribution in [-0.2, 0) is 0 Å². The SMILES string of the molecule is CCNC(C)c1ccc(OC2CCC(C)(C)CC2)cc1Br. The second-order valence-electron chi connectivity index (χ2n) is 6.94. The summed E-state index contributed by atoms with van der Waals surface area (Å²) in [6, 6.07) is 6.74. The van der Waals surface area contributed by atoms with Crippen LogP contribution in [-0.4, -0.2) is 12.6 Å². The number of benzene rings is 1. The molecule has 1 aliphatic carbocycles. The third-order valence-electron chi connectivity index (χ3n) is 4.54. The second-order valence-corrected chi connectivity index (χ2v) is 7.80. The van der Waals surface area contributed by atoms with Crippen molar-refractivity contribution >= 4 is 15.9 Å². The Morgan fingerprint density at radius 1 is 1.33 bits per heavy atom. The van der Waals surface area contributed by atoms with E-state index >= 15 is 0 Å². The molecule has 0 aliphatic heterocycles. The van der Waals surface area contributed by atoms with E-state index in [2.05, 4.69) is 67.1 Å². The number of rotatable bonds is 5. The summed E-state index contributed by atoms with van der Waals surface area (Å²) in [6.45, 7) is 10.0. The summed E-state index contributed by atoms with van der Waals surface area (Å²) >= 11 is 3.68. The molecule has 0 amide bonds. The first-order valence-corrected chi connectivity index (χ1v) is 8.90. The van der Waals surface area contributed by atoms with Gasteiger partial charge in [-0.2, -0.15) is 0 Å². The van der Waals surface area contributed by atoms with Crippen molar-refractivity contribution in [2.45, 2.75) is 65.5 Å². The molecule has 2 nitrogen and oxygen atoms in total. The lowest BCUT2D eigenvalue weighted by Gasteiger charge is -2.34. The Labute approximate surface area is 137 Å². The Morgan fingerprint density at radius 3 is 2.57 bits per heavy atom. The van der Waals surface area contributed by atoms with Gasteiger partial charge in [-0.25, -0.2) is 0 Å². The van der Waals surface area contributed by atoms with E-state index in [0.717, 1.165) is 16.8 Å². The van der Waals surface area contributed by atoms with Crippen LogP contribution in [0.15, 0.2) is 22.7 Å². The van der Waals surface area contributed by atoms with Crippen molar-refractivity contribution in [2.24, 2.45) is 5.41 Å². The van der Waals surface area contributed by atoms with Crippen molar-refractivity contribution in [2.75, 3.05) is 6.54 Å². The first-order chi connectivity index (χ1) is 9.91. The van der Waals surface area contributed by atoms with Gasteiger partial charge in [-0.3, -0.25) is 0 Å². The molecule has 1 N–H and O–H groups in total. The zero-order valence-corrected chi connectivity index (χ0v) is 15.3. The fourth-order valence-electron chi connectivity index (χ4n) is 3.03. The summed E-state index contributed by atoms with van der Waals surface area (Å²) in [4.78, 5) is 0. The molecule has 1 atom stereocenters. The predicted molar refractivity (Wildman–Crippen MR) is 92.9 cm³/mol. The molecule has 1 aliphatic rings. The second kappa shape index (κ2) is 7.15. The molecule has 0 aromatic heterocycles. The van der Waals surface area contributed by atoms with Gasteiger partial charge >= 0.3 is 0 Å². The highest BCUT2D eigenvalue weighted by atomic mass is 79.9. The van der Waals surface area contributed by atoms with E-state index in [4.69, 9.17) is 4.74 Å². The van der Waals surface area contributed by atoms with Crippen LogP contribution in [0.2, 0.25) is 0 Å². The topological polar surface area (TPSA) is 21.3 Å². The largest absolute Gasteiger partial charge is 0.490 e. The molecule has 21 heavy (non-hydrogen) atoms. The van der Waals surface area contributed by atoms with Crippen molar-refractivity contribution in [1.29, 1.82) is 0 Å². The van der Waals surface area contributed by atoms with Crippen LogP contribution in [0.1, 0.15) is 65.0 Å². The first kappa shape index (κ1) is 16.8. The first-order valence-electron chi connectivity index (χ1n) is 8.11. The molecule has 0 radical (unpaired) electrons. The molecule has 0 spiro atoms. The number of hydrogen-bond donors (Lipinski definition) is 1. The van der Waals surface area contributed by atoms with Crippen LogP contribution in [0.25, 0.3) is 0 Å². The molecule has 1 fully saturated rings. The number of halogens is 1. The van der Waals surface area contributed by atoms with Crippen LogP contribution in [0, 0.1) is 5.41 Å². The highest BCUT2D eigenvalue weighted by molar-refractivity contribution is 9.10. The van der Waals surface area contributed by atoms with Gasteiger partial charge < -0.3 is 10.1 Å². The molecule has 1 unspecified atom stereocenters. The Kier molecular flexibility index (Phi) is 5.73. The maximum Gasteiger partial charge on any atom is 0.120 e. The monoisotopic (exact) mass is 353 g/mol. The third-order valence-corrected chi connectivity index (χ3v) is 5.22. The minimum absolute atomic E-state index is 0.355. The van der Waals surface area contributed by atoms with E-state index in [1.165, 1.54) is 31.2 Å². The van der Waals surface area contributed by atoms with Gasteiger partial charge in [0.1, 0.15) is 5.75 Å². The summed E-state index contributed by atoms with van der Waals surface area (Å²) in [7, 11) is 0. The Bertz CT molecular complexity index is 462. The van der Waals surface area contributed by atoms with E-state index < -0.39 is 0 Å². The summed E-state index contributed by atoms with van der Waals surface area (Å²) in [5, 5.41) is 3.44. The molecule has 1 saturated carbocycles. The molecule has 0 saturated heterocycles. The van der Waals surface area contributed by atoms with Gasteiger partial charge in [0.15, 0.2) is 0 Å². The van der Waals surface area contributed by atoms with Gasteiger partial charge in [0, 0.05) is 10.5 Å². The van der Waals surface area contributed by atoms with Crippen LogP contribution < -0.4 is 10.1 Å². The average Bonchev–Trinajstić information content (AvgIpc) is 2.41. The zero-order chi connectivity index (χ0) is 15.5. The highest BCUT2D eigenvalue weighted by Crippen LogP contribution is 2.37. The Hall–Kier alpha value is -0.540. The third kappa shape index (κ3) is 4.72. The van der Waals surface area contributed by atoms with Crippen molar-refractivity contribution < 1.29 is 4.74 Å². The van der Waals surface area contributed by atoms with Crippen LogP contribution in [0.4, 0.5) is 0 Å². The van der Waals surface area contributed by atoms with Gasteiger partial charge in [0.25, 0.3) is 0 Å². The molecule has 1 aromatic rings. The highest BCUT2D eigenvalue weighted by Gasteiger charge is 2.27. The van der Waals surface area contributed by atoms with E-state index in [1.807, 2.05) is 0 Å². The molecule has 1 aromatic carbocycles. The van der Waals surface area contributed by atoms with Crippen LogP contribution in [0.5, 0.6) is 5.75 Å². The van der Waals surface area contributed by atoms with E-state index in [-0.39, 0.29) is 0 Å². The summed E-state index contributed by atoms with van der Waals surface area (Å²) in [5.41, 5.74) is 1.78. The van der Waals surface area contributed by atoms with E-state index in [9.17, 15) is 0 Å². The summed E-state index contributed by atoms with van der Waals surface area (Å²) < 4.78 is 7.30. The summed E-state index contributed by atoms with van der Waals surface area (Å²) in [6.07, 6.45) is 5.23. The lowest BCUT2D eigenvalue weighted by atomic mass is 9.76. The number of hydrogen-bond acceptors (Lipinski definition) is 2. The van der Waals surface area contributed by atoms with Gasteiger partial charge in [-0.1, -0.05) is 42.8 Å². The van der Waals surface area contributed by atoms with Gasteiger partial charge in [0.2, 0.25) is 0 Å². The van der Waals surface area contributed by atoms with Crippen LogP contribution in [0.3, 0.4) is 0 Å². The van der Waals surface area contributed by atoms with Crippen LogP contribution >= 0.6 is 15.9 Å². The minimum Gasteiger partial charge on any atom is -0.490 e. The molecular weight excluding hydrogens is 326 g/mol. The smallest absolute Gasteiger partial charge is 0.120 e. The molecule has 118 valence electrons. The van der Waals surface area contributed by atoms with Gasteiger partial charge in [-0.05, 0) is 62.3 Å². The lowest BCUT2D eigenvalue weighted by Crippen LogP contribution is -2.28. The van der Waals surface area contributed by atoms with Crippen molar-refractivity contribution in [3.63, 3.8) is 0 Å². The predicted octanol–water partition coefficient (Wildman–Crippen LogP) is 5.47. The molecule has 3 heteroatoms. The average molecular weight is 354 g/mol. The fraction of sp³-hybridized carbons (Fsp3) is 0.667. The maximum absolute atomic E-state index is 6.17. The standard InChI is InChI=1S/C18H28BrNO/c1-5-20-13(2)16-7-6-15(12-17(16)19)21-14-8-10-18(3,4)11-9-14/h6-7,12-14,20H,5,8-11H2,1-4H3. The van der Waals surface area contributed by atoms with Gasteiger partial charge in [0.05, 0.1) is 6.10 Å². The number of nitrogens with one attached hydrogen (secondary N) is 1. The number of ether oxygens (including phenoxy) is 1. The molecule has 0 heterocycles. The van der Waals surface area contributed by atoms with E-state index in [1.54, 1.807) is 0 Å². The van der Waals surface area contributed by atoms with Crippen molar-refractivity contribution in [1.82, 2.24) is 5.32 Å². The maximum atomic E-state index is 6.17. The molecule has 0 bridgehead atoms. The quantitative estimate of drug-likeness (QED) is 0.757. The lowest BCUT2D eigenvalue weighted by molar-refractivity contribution is 0.0987. The van der Waals surface area contributed by atoms with Gasteiger partial charge in [-0.15, -0.1) is 0 Å². The fourth-order valence-corrected chi connectivity index (χ4v) is 3.73.